The van der Waals surface area contributed by atoms with Crippen molar-refractivity contribution < 1.29 is 19.4 Å². The molecular weight excluding hydrogens is 232 g/mol. The lowest BCUT2D eigenvalue weighted by molar-refractivity contribution is 0.0687. The second-order valence-electron chi connectivity index (χ2n) is 3.55. The second-order valence-corrected chi connectivity index (χ2v) is 3.99. The quantitative estimate of drug-likeness (QED) is 0.883. The van der Waals surface area contributed by atoms with Gasteiger partial charge in [0.25, 0.3) is 0 Å². The molecule has 16 heavy (non-hydrogen) atoms. The molecule has 0 saturated carbocycles. The molecule has 1 aromatic rings. The summed E-state index contributed by atoms with van der Waals surface area (Å²) in [6.07, 6.45) is 0.683. The zero-order valence-corrected chi connectivity index (χ0v) is 9.24. The van der Waals surface area contributed by atoms with Crippen LogP contribution >= 0.6 is 11.6 Å². The Hall–Kier alpha value is -1.26. The van der Waals surface area contributed by atoms with E-state index >= 15 is 0 Å². The molecule has 1 aliphatic heterocycles. The van der Waals surface area contributed by atoms with Crippen LogP contribution in [0.4, 0.5) is 0 Å². The Kier molecular flexibility index (Phi) is 3.31. The standard InChI is InChI=1S/C11H11ClO4/c12-7-1-2-9(11(13)14)10(5-7)16-8-3-4-15-6-8/h1-2,5,8H,3-4,6H2,(H,13,14). The van der Waals surface area contributed by atoms with Crippen LogP contribution < -0.4 is 4.74 Å². The molecular formula is C11H11ClO4. The second kappa shape index (κ2) is 4.72. The average Bonchev–Trinajstić information content (AvgIpc) is 2.70. The molecule has 1 unspecified atom stereocenters. The number of rotatable bonds is 3. The third kappa shape index (κ3) is 2.46. The van der Waals surface area contributed by atoms with Gasteiger partial charge in [0.15, 0.2) is 0 Å². The minimum atomic E-state index is -1.02. The van der Waals surface area contributed by atoms with Crippen LogP contribution in [0, 0.1) is 0 Å². The predicted molar refractivity (Wildman–Crippen MR) is 58.3 cm³/mol. The number of hydrogen-bond donors (Lipinski definition) is 1. The zero-order chi connectivity index (χ0) is 11.5. The van der Waals surface area contributed by atoms with Gasteiger partial charge in [0, 0.05) is 11.4 Å². The maximum absolute atomic E-state index is 11.0. The van der Waals surface area contributed by atoms with E-state index in [0.717, 1.165) is 6.42 Å². The Morgan fingerprint density at radius 3 is 3.00 bits per heavy atom. The number of aromatic carboxylic acids is 1. The lowest BCUT2D eigenvalue weighted by Gasteiger charge is -2.14. The van der Waals surface area contributed by atoms with E-state index < -0.39 is 5.97 Å². The van der Waals surface area contributed by atoms with Crippen LogP contribution in [0.25, 0.3) is 0 Å². The van der Waals surface area contributed by atoms with Gasteiger partial charge in [-0.15, -0.1) is 0 Å². The van der Waals surface area contributed by atoms with Gasteiger partial charge in [-0.1, -0.05) is 11.6 Å². The molecule has 0 amide bonds. The van der Waals surface area contributed by atoms with Crippen molar-refractivity contribution in [3.63, 3.8) is 0 Å². The van der Waals surface area contributed by atoms with Crippen molar-refractivity contribution in [1.82, 2.24) is 0 Å². The first kappa shape index (κ1) is 11.2. The van der Waals surface area contributed by atoms with Crippen molar-refractivity contribution in [3.8, 4) is 5.75 Å². The molecule has 5 heteroatoms. The predicted octanol–water partition coefficient (Wildman–Crippen LogP) is 2.21. The third-order valence-corrected chi connectivity index (χ3v) is 2.59. The number of benzene rings is 1. The molecule has 0 radical (unpaired) electrons. The van der Waals surface area contributed by atoms with Gasteiger partial charge in [0.1, 0.15) is 17.4 Å². The summed E-state index contributed by atoms with van der Waals surface area (Å²) in [5.41, 5.74) is 0.122. The number of hydrogen-bond acceptors (Lipinski definition) is 3. The number of carbonyl (C=O) groups is 1. The fourth-order valence-corrected chi connectivity index (χ4v) is 1.72. The molecule has 1 N–H and O–H groups in total. The van der Waals surface area contributed by atoms with Crippen LogP contribution in [0.1, 0.15) is 16.8 Å². The van der Waals surface area contributed by atoms with Crippen LogP contribution in [0.15, 0.2) is 18.2 Å². The highest BCUT2D eigenvalue weighted by molar-refractivity contribution is 6.30. The Labute approximate surface area is 97.7 Å². The molecule has 0 aromatic heterocycles. The fraction of sp³-hybridized carbons (Fsp3) is 0.364. The molecule has 1 fully saturated rings. The molecule has 4 nitrogen and oxygen atoms in total. The molecule has 2 rings (SSSR count). The van der Waals surface area contributed by atoms with E-state index in [0.29, 0.717) is 24.0 Å². The van der Waals surface area contributed by atoms with Crippen molar-refractivity contribution in [2.45, 2.75) is 12.5 Å². The lowest BCUT2D eigenvalue weighted by atomic mass is 10.2. The topological polar surface area (TPSA) is 55.8 Å². The van der Waals surface area contributed by atoms with Crippen molar-refractivity contribution in [3.05, 3.63) is 28.8 Å². The van der Waals surface area contributed by atoms with Gasteiger partial charge < -0.3 is 14.6 Å². The first-order valence-corrected chi connectivity index (χ1v) is 5.32. The van der Waals surface area contributed by atoms with E-state index in [4.69, 9.17) is 26.2 Å². The third-order valence-electron chi connectivity index (χ3n) is 2.36. The van der Waals surface area contributed by atoms with Crippen LogP contribution in [-0.2, 0) is 4.74 Å². The summed E-state index contributed by atoms with van der Waals surface area (Å²) in [7, 11) is 0. The highest BCUT2D eigenvalue weighted by atomic mass is 35.5. The Morgan fingerprint density at radius 1 is 1.56 bits per heavy atom. The van der Waals surface area contributed by atoms with Gasteiger partial charge >= 0.3 is 5.97 Å². The molecule has 0 bridgehead atoms. The minimum absolute atomic E-state index is 0.0865. The Balaban J connectivity index is 2.22. The molecule has 1 atom stereocenters. The van der Waals surface area contributed by atoms with Crippen molar-refractivity contribution in [2.24, 2.45) is 0 Å². The number of halogens is 1. The fourth-order valence-electron chi connectivity index (χ4n) is 1.56. The first-order valence-electron chi connectivity index (χ1n) is 4.94. The summed E-state index contributed by atoms with van der Waals surface area (Å²) >= 11 is 5.80. The smallest absolute Gasteiger partial charge is 0.339 e. The van der Waals surface area contributed by atoms with E-state index in [1.165, 1.54) is 18.2 Å². The summed E-state index contributed by atoms with van der Waals surface area (Å²) in [6.45, 7) is 1.14. The number of carboxylic acids is 1. The maximum Gasteiger partial charge on any atom is 0.339 e. The summed E-state index contributed by atoms with van der Waals surface area (Å²) in [5.74, 6) is -0.721. The van der Waals surface area contributed by atoms with Crippen molar-refractivity contribution in [1.29, 1.82) is 0 Å². The van der Waals surface area contributed by atoms with Crippen LogP contribution in [0.3, 0.4) is 0 Å². The summed E-state index contributed by atoms with van der Waals surface area (Å²) in [6, 6.07) is 4.49. The van der Waals surface area contributed by atoms with Crippen LogP contribution in [-0.4, -0.2) is 30.4 Å². The van der Waals surface area contributed by atoms with Gasteiger partial charge in [-0.2, -0.15) is 0 Å². The highest BCUT2D eigenvalue weighted by Gasteiger charge is 2.20. The first-order chi connectivity index (χ1) is 7.66. The summed E-state index contributed by atoms with van der Waals surface area (Å²) in [4.78, 5) is 11.0. The SMILES string of the molecule is O=C(O)c1ccc(Cl)cc1OC1CCOC1. The van der Waals surface area contributed by atoms with Gasteiger partial charge in [0.05, 0.1) is 13.2 Å². The van der Waals surface area contributed by atoms with Gasteiger partial charge in [0.2, 0.25) is 0 Å². The van der Waals surface area contributed by atoms with Gasteiger partial charge in [-0.3, -0.25) is 0 Å². The molecule has 1 heterocycles. The van der Waals surface area contributed by atoms with Crippen molar-refractivity contribution in [2.75, 3.05) is 13.2 Å². The minimum Gasteiger partial charge on any atom is -0.487 e. The van der Waals surface area contributed by atoms with Gasteiger partial charge in [-0.05, 0) is 18.2 Å². The molecule has 1 saturated heterocycles. The molecule has 0 spiro atoms. The molecule has 86 valence electrons. The largest absolute Gasteiger partial charge is 0.487 e. The average molecular weight is 243 g/mol. The van der Waals surface area contributed by atoms with Crippen LogP contribution in [0.5, 0.6) is 5.75 Å². The summed E-state index contributed by atoms with van der Waals surface area (Å²) in [5, 5.41) is 9.43. The van der Waals surface area contributed by atoms with E-state index in [9.17, 15) is 4.79 Å². The van der Waals surface area contributed by atoms with E-state index in [2.05, 4.69) is 0 Å². The van der Waals surface area contributed by atoms with Crippen molar-refractivity contribution >= 4 is 17.6 Å². The maximum atomic E-state index is 11.0. The summed E-state index contributed by atoms with van der Waals surface area (Å²) < 4.78 is 10.7. The molecule has 1 aromatic carbocycles. The Bertz CT molecular complexity index is 399. The Morgan fingerprint density at radius 2 is 2.38 bits per heavy atom. The molecule has 1 aliphatic rings. The van der Waals surface area contributed by atoms with E-state index in [1.807, 2.05) is 0 Å². The van der Waals surface area contributed by atoms with Gasteiger partial charge in [-0.25, -0.2) is 4.79 Å². The van der Waals surface area contributed by atoms with Crippen LogP contribution in [0.2, 0.25) is 5.02 Å². The number of carboxylic acid groups (broad SMARTS) is 1. The van der Waals surface area contributed by atoms with E-state index in [-0.39, 0.29) is 11.7 Å². The lowest BCUT2D eigenvalue weighted by Crippen LogP contribution is -2.17. The highest BCUT2D eigenvalue weighted by Crippen LogP contribution is 2.26. The monoisotopic (exact) mass is 242 g/mol. The van der Waals surface area contributed by atoms with E-state index in [1.54, 1.807) is 0 Å². The number of ether oxygens (including phenoxy) is 2. The normalized spacial score (nSPS) is 19.7. The molecule has 0 aliphatic carbocycles. The zero-order valence-electron chi connectivity index (χ0n) is 8.48.